The highest BCUT2D eigenvalue weighted by Crippen LogP contribution is 2.17. The smallest absolute Gasteiger partial charge is 0.306 e. The van der Waals surface area contributed by atoms with E-state index in [9.17, 15) is 14.4 Å². The molecule has 1 aromatic carbocycles. The number of halogens is 1. The fourth-order valence-corrected chi connectivity index (χ4v) is 3.03. The first-order chi connectivity index (χ1) is 12.3. The first-order valence-electron chi connectivity index (χ1n) is 8.47. The molecule has 8 heteroatoms. The molecule has 1 aliphatic heterocycles. The van der Waals surface area contributed by atoms with E-state index in [1.807, 2.05) is 13.8 Å². The number of rotatable bonds is 6. The molecule has 0 radical (unpaired) electrons. The maximum atomic E-state index is 12.9. The van der Waals surface area contributed by atoms with Crippen LogP contribution in [0.3, 0.4) is 0 Å². The minimum atomic E-state index is -0.975. The van der Waals surface area contributed by atoms with Crippen molar-refractivity contribution in [3.8, 4) is 0 Å². The van der Waals surface area contributed by atoms with E-state index < -0.39 is 24.0 Å². The van der Waals surface area contributed by atoms with Crippen molar-refractivity contribution in [2.75, 3.05) is 19.7 Å². The molecule has 1 aromatic rings. The van der Waals surface area contributed by atoms with Crippen LogP contribution in [0.4, 0.5) is 0 Å². The van der Waals surface area contributed by atoms with Gasteiger partial charge in [-0.2, -0.15) is 0 Å². The van der Waals surface area contributed by atoms with Crippen LogP contribution in [-0.2, 0) is 14.3 Å². The summed E-state index contributed by atoms with van der Waals surface area (Å²) in [6.45, 7) is 4.50. The monoisotopic (exact) mass is 382 g/mol. The number of benzene rings is 1. The first kappa shape index (κ1) is 20.2. The Kier molecular flexibility index (Phi) is 6.99. The van der Waals surface area contributed by atoms with Gasteiger partial charge in [0.25, 0.3) is 5.91 Å². The SMILES string of the molecule is CC(C)C(NC(=O)c1ccccc1Cl)C(=O)N1CCOC(CC(=O)O)C1. The number of carbonyl (C=O) groups excluding carboxylic acids is 2. The van der Waals surface area contributed by atoms with E-state index in [0.717, 1.165) is 0 Å². The number of carboxylic acid groups (broad SMARTS) is 1. The molecule has 1 aliphatic rings. The van der Waals surface area contributed by atoms with Gasteiger partial charge in [0.05, 0.1) is 29.7 Å². The number of carboxylic acids is 1. The van der Waals surface area contributed by atoms with E-state index in [-0.39, 0.29) is 31.4 Å². The summed E-state index contributed by atoms with van der Waals surface area (Å²) in [5.74, 6) is -1.79. The van der Waals surface area contributed by atoms with E-state index in [0.29, 0.717) is 17.1 Å². The van der Waals surface area contributed by atoms with Gasteiger partial charge < -0.3 is 20.1 Å². The van der Waals surface area contributed by atoms with Crippen molar-refractivity contribution in [1.29, 1.82) is 0 Å². The van der Waals surface area contributed by atoms with Crippen molar-refractivity contribution in [1.82, 2.24) is 10.2 Å². The van der Waals surface area contributed by atoms with Crippen LogP contribution >= 0.6 is 11.6 Å². The zero-order valence-electron chi connectivity index (χ0n) is 14.8. The summed E-state index contributed by atoms with van der Waals surface area (Å²) in [4.78, 5) is 37.8. The van der Waals surface area contributed by atoms with Gasteiger partial charge >= 0.3 is 5.97 Å². The Morgan fingerprint density at radius 2 is 2.04 bits per heavy atom. The number of hydrogen-bond acceptors (Lipinski definition) is 4. The van der Waals surface area contributed by atoms with Crippen LogP contribution in [0, 0.1) is 5.92 Å². The Balaban J connectivity index is 2.08. The lowest BCUT2D eigenvalue weighted by Crippen LogP contribution is -2.55. The highest BCUT2D eigenvalue weighted by Gasteiger charge is 2.33. The van der Waals surface area contributed by atoms with Crippen LogP contribution in [-0.4, -0.2) is 59.6 Å². The standard InChI is InChI=1S/C18H23ClN2O5/c1-11(2)16(20-17(24)13-5-3-4-6-14(13)19)18(25)21-7-8-26-12(10-21)9-15(22)23/h3-6,11-12,16H,7-10H2,1-2H3,(H,20,24)(H,22,23). The minimum absolute atomic E-state index is 0.144. The number of ether oxygens (including phenoxy) is 1. The van der Waals surface area contributed by atoms with E-state index in [2.05, 4.69) is 5.32 Å². The van der Waals surface area contributed by atoms with Crippen molar-refractivity contribution in [3.05, 3.63) is 34.9 Å². The number of morpholine rings is 1. The molecular weight excluding hydrogens is 360 g/mol. The molecule has 2 atom stereocenters. The van der Waals surface area contributed by atoms with E-state index in [1.54, 1.807) is 29.2 Å². The van der Waals surface area contributed by atoms with Crippen molar-refractivity contribution < 1.29 is 24.2 Å². The number of nitrogens with zero attached hydrogens (tertiary/aromatic N) is 1. The Morgan fingerprint density at radius 1 is 1.35 bits per heavy atom. The number of aliphatic carboxylic acids is 1. The number of nitrogens with one attached hydrogen (secondary N) is 1. The lowest BCUT2D eigenvalue weighted by atomic mass is 10.0. The van der Waals surface area contributed by atoms with Crippen LogP contribution in [0.2, 0.25) is 5.02 Å². The maximum Gasteiger partial charge on any atom is 0.306 e. The second-order valence-corrected chi connectivity index (χ2v) is 6.96. The number of carbonyl (C=O) groups is 3. The van der Waals surface area contributed by atoms with Gasteiger partial charge in [-0.3, -0.25) is 14.4 Å². The summed E-state index contributed by atoms with van der Waals surface area (Å²) in [6.07, 6.45) is -0.709. The summed E-state index contributed by atoms with van der Waals surface area (Å²) < 4.78 is 5.40. The Morgan fingerprint density at radius 3 is 2.65 bits per heavy atom. The average Bonchev–Trinajstić information content (AvgIpc) is 2.58. The van der Waals surface area contributed by atoms with Crippen LogP contribution in [0.15, 0.2) is 24.3 Å². The van der Waals surface area contributed by atoms with E-state index in [1.165, 1.54) is 0 Å². The van der Waals surface area contributed by atoms with Crippen LogP contribution in [0.5, 0.6) is 0 Å². The molecule has 1 fully saturated rings. The molecule has 26 heavy (non-hydrogen) atoms. The van der Waals surface area contributed by atoms with Gasteiger partial charge in [-0.25, -0.2) is 0 Å². The molecule has 0 saturated carbocycles. The fourth-order valence-electron chi connectivity index (χ4n) is 2.81. The summed E-state index contributed by atoms with van der Waals surface area (Å²) in [7, 11) is 0. The third-order valence-electron chi connectivity index (χ3n) is 4.19. The quantitative estimate of drug-likeness (QED) is 0.782. The molecule has 7 nitrogen and oxygen atoms in total. The van der Waals surface area contributed by atoms with Gasteiger partial charge in [0.2, 0.25) is 5.91 Å². The van der Waals surface area contributed by atoms with Gasteiger partial charge in [0, 0.05) is 13.1 Å². The van der Waals surface area contributed by atoms with Gasteiger partial charge in [0.15, 0.2) is 0 Å². The third kappa shape index (κ3) is 5.19. The molecule has 2 rings (SSSR count). The molecule has 0 aromatic heterocycles. The second-order valence-electron chi connectivity index (χ2n) is 6.55. The summed E-state index contributed by atoms with van der Waals surface area (Å²) >= 11 is 6.05. The number of amides is 2. The van der Waals surface area contributed by atoms with Gasteiger partial charge in [-0.05, 0) is 18.1 Å². The van der Waals surface area contributed by atoms with Crippen LogP contribution < -0.4 is 5.32 Å². The van der Waals surface area contributed by atoms with Gasteiger partial charge in [-0.15, -0.1) is 0 Å². The highest BCUT2D eigenvalue weighted by molar-refractivity contribution is 6.33. The molecule has 2 amide bonds. The normalized spacial score (nSPS) is 18.5. The van der Waals surface area contributed by atoms with Crippen molar-refractivity contribution >= 4 is 29.4 Å². The van der Waals surface area contributed by atoms with Crippen molar-refractivity contribution in [2.45, 2.75) is 32.4 Å². The zero-order chi connectivity index (χ0) is 19.3. The average molecular weight is 383 g/mol. The van der Waals surface area contributed by atoms with Gasteiger partial charge in [-0.1, -0.05) is 37.6 Å². The fraction of sp³-hybridized carbons (Fsp3) is 0.500. The molecule has 1 saturated heterocycles. The Labute approximate surface area is 157 Å². The topological polar surface area (TPSA) is 95.9 Å². The number of hydrogen-bond donors (Lipinski definition) is 2. The summed E-state index contributed by atoms with van der Waals surface area (Å²) in [6, 6.07) is 5.90. The van der Waals surface area contributed by atoms with Gasteiger partial charge in [0.1, 0.15) is 6.04 Å². The zero-order valence-corrected chi connectivity index (χ0v) is 15.5. The van der Waals surface area contributed by atoms with Crippen LogP contribution in [0.1, 0.15) is 30.6 Å². The molecule has 2 unspecified atom stereocenters. The lowest BCUT2D eigenvalue weighted by molar-refractivity contribution is -0.149. The molecule has 0 bridgehead atoms. The highest BCUT2D eigenvalue weighted by atomic mass is 35.5. The largest absolute Gasteiger partial charge is 0.481 e. The lowest BCUT2D eigenvalue weighted by Gasteiger charge is -2.35. The minimum Gasteiger partial charge on any atom is -0.481 e. The molecule has 1 heterocycles. The third-order valence-corrected chi connectivity index (χ3v) is 4.52. The molecular formula is C18H23ClN2O5. The van der Waals surface area contributed by atoms with Crippen LogP contribution in [0.25, 0.3) is 0 Å². The molecule has 0 aliphatic carbocycles. The summed E-state index contributed by atoms with van der Waals surface area (Å²) in [5, 5.41) is 12.0. The predicted molar refractivity (Wildman–Crippen MR) is 96.1 cm³/mol. The molecule has 142 valence electrons. The second kappa shape index (κ2) is 9.00. The van der Waals surface area contributed by atoms with Crippen molar-refractivity contribution in [3.63, 3.8) is 0 Å². The molecule has 2 N–H and O–H groups in total. The van der Waals surface area contributed by atoms with E-state index >= 15 is 0 Å². The maximum absolute atomic E-state index is 12.9. The molecule has 0 spiro atoms. The predicted octanol–water partition coefficient (Wildman–Crippen LogP) is 1.80. The van der Waals surface area contributed by atoms with E-state index in [4.69, 9.17) is 21.4 Å². The summed E-state index contributed by atoms with van der Waals surface area (Å²) in [5.41, 5.74) is 0.304. The first-order valence-corrected chi connectivity index (χ1v) is 8.85. The Hall–Kier alpha value is -2.12. The van der Waals surface area contributed by atoms with Crippen molar-refractivity contribution in [2.24, 2.45) is 5.92 Å². The Bertz CT molecular complexity index is 679.